The third-order valence-corrected chi connectivity index (χ3v) is 7.25. The predicted molar refractivity (Wildman–Crippen MR) is 127 cm³/mol. The van der Waals surface area contributed by atoms with Gasteiger partial charge in [-0.3, -0.25) is 9.59 Å². The Morgan fingerprint density at radius 1 is 0.970 bits per heavy atom. The van der Waals surface area contributed by atoms with Gasteiger partial charge in [0.2, 0.25) is 5.91 Å². The SMILES string of the molecule is O=C(NCCc1ccccc1)[C@H]1c2ccccc2C(=O)N(Cc2ccco2)C12CCCCC2. The molecule has 5 heteroatoms. The molecule has 1 aliphatic carbocycles. The van der Waals surface area contributed by atoms with Crippen LogP contribution in [0.3, 0.4) is 0 Å². The lowest BCUT2D eigenvalue weighted by atomic mass is 9.65. The first-order valence-corrected chi connectivity index (χ1v) is 11.9. The lowest BCUT2D eigenvalue weighted by Gasteiger charge is -2.53. The van der Waals surface area contributed by atoms with Crippen LogP contribution in [0.1, 0.15) is 65.3 Å². The summed E-state index contributed by atoms with van der Waals surface area (Å²) in [6.07, 6.45) is 7.22. The summed E-state index contributed by atoms with van der Waals surface area (Å²) >= 11 is 0. The molecule has 5 rings (SSSR count). The Kier molecular flexibility index (Phi) is 6.03. The van der Waals surface area contributed by atoms with E-state index in [2.05, 4.69) is 17.4 Å². The summed E-state index contributed by atoms with van der Waals surface area (Å²) in [5, 5.41) is 3.21. The van der Waals surface area contributed by atoms with Crippen molar-refractivity contribution in [3.05, 3.63) is 95.4 Å². The zero-order valence-electron chi connectivity index (χ0n) is 18.8. The molecule has 0 radical (unpaired) electrons. The van der Waals surface area contributed by atoms with Crippen LogP contribution in [-0.2, 0) is 17.8 Å². The van der Waals surface area contributed by atoms with Gasteiger partial charge in [0, 0.05) is 12.1 Å². The Balaban J connectivity index is 1.49. The maximum atomic E-state index is 13.8. The minimum atomic E-state index is -0.534. The van der Waals surface area contributed by atoms with E-state index in [1.807, 2.05) is 59.5 Å². The summed E-state index contributed by atoms with van der Waals surface area (Å²) in [7, 11) is 0. The number of rotatable bonds is 6. The van der Waals surface area contributed by atoms with Gasteiger partial charge in [-0.15, -0.1) is 0 Å². The minimum absolute atomic E-state index is 0.00256. The zero-order chi connectivity index (χ0) is 22.7. The maximum Gasteiger partial charge on any atom is 0.255 e. The molecule has 2 aromatic carbocycles. The van der Waals surface area contributed by atoms with Gasteiger partial charge in [0.15, 0.2) is 0 Å². The number of carbonyl (C=O) groups excluding carboxylic acids is 2. The third kappa shape index (κ3) is 4.08. The second-order valence-corrected chi connectivity index (χ2v) is 9.18. The van der Waals surface area contributed by atoms with Crippen molar-refractivity contribution in [1.29, 1.82) is 0 Å². The van der Waals surface area contributed by atoms with Gasteiger partial charge in [-0.05, 0) is 48.6 Å². The van der Waals surface area contributed by atoms with Gasteiger partial charge in [-0.1, -0.05) is 67.8 Å². The number of amides is 2. The average Bonchev–Trinajstić information content (AvgIpc) is 3.37. The molecule has 3 aromatic rings. The quantitative estimate of drug-likeness (QED) is 0.579. The summed E-state index contributed by atoms with van der Waals surface area (Å²) < 4.78 is 5.62. The van der Waals surface area contributed by atoms with Crippen LogP contribution in [0.5, 0.6) is 0 Å². The normalized spacial score (nSPS) is 19.3. The fourth-order valence-electron chi connectivity index (χ4n) is 5.71. The van der Waals surface area contributed by atoms with Crippen LogP contribution in [0.2, 0.25) is 0 Å². The van der Waals surface area contributed by atoms with E-state index in [4.69, 9.17) is 4.42 Å². The molecule has 2 aliphatic rings. The number of furan rings is 1. The van der Waals surface area contributed by atoms with Crippen LogP contribution in [0.25, 0.3) is 0 Å². The highest BCUT2D eigenvalue weighted by molar-refractivity contribution is 6.02. The average molecular weight is 443 g/mol. The number of nitrogens with one attached hydrogen (secondary N) is 1. The second-order valence-electron chi connectivity index (χ2n) is 9.18. The Bertz CT molecular complexity index is 1100. The van der Waals surface area contributed by atoms with E-state index < -0.39 is 11.5 Å². The molecule has 2 amide bonds. The molecule has 170 valence electrons. The first-order chi connectivity index (χ1) is 16.2. The fourth-order valence-corrected chi connectivity index (χ4v) is 5.71. The van der Waals surface area contributed by atoms with E-state index in [1.165, 1.54) is 5.56 Å². The molecule has 1 N–H and O–H groups in total. The van der Waals surface area contributed by atoms with Crippen molar-refractivity contribution in [2.45, 2.75) is 56.5 Å². The molecule has 1 saturated carbocycles. The van der Waals surface area contributed by atoms with Crippen LogP contribution in [0, 0.1) is 0 Å². The van der Waals surface area contributed by atoms with Gasteiger partial charge in [0.05, 0.1) is 24.3 Å². The molecule has 1 aliphatic heterocycles. The van der Waals surface area contributed by atoms with Crippen LogP contribution < -0.4 is 5.32 Å². The van der Waals surface area contributed by atoms with Crippen molar-refractivity contribution < 1.29 is 14.0 Å². The number of hydrogen-bond acceptors (Lipinski definition) is 3. The van der Waals surface area contributed by atoms with Crippen LogP contribution >= 0.6 is 0 Å². The molecule has 2 heterocycles. The molecule has 5 nitrogen and oxygen atoms in total. The summed E-state index contributed by atoms with van der Waals surface area (Å²) in [5.74, 6) is 0.364. The van der Waals surface area contributed by atoms with Crippen molar-refractivity contribution in [3.63, 3.8) is 0 Å². The van der Waals surface area contributed by atoms with E-state index in [9.17, 15) is 9.59 Å². The van der Waals surface area contributed by atoms with Crippen molar-refractivity contribution >= 4 is 11.8 Å². The van der Waals surface area contributed by atoms with Crippen LogP contribution in [0.15, 0.2) is 77.4 Å². The highest BCUT2D eigenvalue weighted by atomic mass is 16.3. The van der Waals surface area contributed by atoms with Crippen LogP contribution in [0.4, 0.5) is 0 Å². The smallest absolute Gasteiger partial charge is 0.255 e. The molecule has 0 bridgehead atoms. The summed E-state index contributed by atoms with van der Waals surface area (Å²) in [4.78, 5) is 29.5. The fraction of sp³-hybridized carbons (Fsp3) is 0.357. The van der Waals surface area contributed by atoms with E-state index >= 15 is 0 Å². The van der Waals surface area contributed by atoms with Gasteiger partial charge in [0.25, 0.3) is 5.91 Å². The summed E-state index contributed by atoms with van der Waals surface area (Å²) in [5.41, 5.74) is 2.15. The molecule has 1 spiro atoms. The monoisotopic (exact) mass is 442 g/mol. The molecule has 1 fully saturated rings. The summed E-state index contributed by atoms with van der Waals surface area (Å²) in [6.45, 7) is 0.956. The topological polar surface area (TPSA) is 62.6 Å². The van der Waals surface area contributed by atoms with Gasteiger partial charge in [-0.25, -0.2) is 0 Å². The van der Waals surface area contributed by atoms with Crippen molar-refractivity contribution in [2.75, 3.05) is 6.54 Å². The lowest BCUT2D eigenvalue weighted by Crippen LogP contribution is -2.62. The predicted octanol–water partition coefficient (Wildman–Crippen LogP) is 5.08. The van der Waals surface area contributed by atoms with Gasteiger partial charge >= 0.3 is 0 Å². The Labute approximate surface area is 194 Å². The van der Waals surface area contributed by atoms with Crippen LogP contribution in [-0.4, -0.2) is 28.8 Å². The van der Waals surface area contributed by atoms with E-state index in [1.54, 1.807) is 6.26 Å². The molecule has 1 aromatic heterocycles. The first kappa shape index (κ1) is 21.5. The largest absolute Gasteiger partial charge is 0.467 e. The number of fused-ring (bicyclic) bond motifs is 1. The number of carbonyl (C=O) groups is 2. The number of nitrogens with zero attached hydrogens (tertiary/aromatic N) is 1. The van der Waals surface area contributed by atoms with Crippen molar-refractivity contribution in [3.8, 4) is 0 Å². The standard InChI is InChI=1S/C28H30N2O3/c31-26(29-18-15-21-10-3-1-4-11-21)25-23-13-5-6-14-24(23)27(32)30(20-22-12-9-19-33-22)28(25)16-7-2-8-17-28/h1,3-6,9-14,19,25H,2,7-8,15-18,20H2,(H,29,31)/t25-/m1/s1. The van der Waals surface area contributed by atoms with Crippen molar-refractivity contribution in [2.24, 2.45) is 0 Å². The lowest BCUT2D eigenvalue weighted by molar-refractivity contribution is -0.127. The number of benzene rings is 2. The molecular weight excluding hydrogens is 412 g/mol. The molecule has 0 unspecified atom stereocenters. The van der Waals surface area contributed by atoms with Gasteiger partial charge in [-0.2, -0.15) is 0 Å². The van der Waals surface area contributed by atoms with E-state index in [0.717, 1.165) is 49.8 Å². The molecule has 0 saturated heterocycles. The molecule has 1 atom stereocenters. The number of hydrogen-bond donors (Lipinski definition) is 1. The summed E-state index contributed by atoms with van der Waals surface area (Å²) in [6, 6.07) is 21.6. The molecule has 33 heavy (non-hydrogen) atoms. The Hall–Kier alpha value is -3.34. The first-order valence-electron chi connectivity index (χ1n) is 11.9. The van der Waals surface area contributed by atoms with Gasteiger partial charge in [0.1, 0.15) is 5.76 Å². The highest BCUT2D eigenvalue weighted by Crippen LogP contribution is 2.49. The highest BCUT2D eigenvalue weighted by Gasteiger charge is 2.54. The third-order valence-electron chi connectivity index (χ3n) is 7.25. The van der Waals surface area contributed by atoms with E-state index in [-0.39, 0.29) is 11.8 Å². The molecular formula is C28H30N2O3. The van der Waals surface area contributed by atoms with E-state index in [0.29, 0.717) is 18.7 Å². The van der Waals surface area contributed by atoms with Crippen molar-refractivity contribution in [1.82, 2.24) is 10.2 Å². The zero-order valence-corrected chi connectivity index (χ0v) is 18.8. The minimum Gasteiger partial charge on any atom is -0.467 e. The second kappa shape index (κ2) is 9.26. The van der Waals surface area contributed by atoms with Gasteiger partial charge < -0.3 is 14.6 Å². The Morgan fingerprint density at radius 2 is 1.73 bits per heavy atom. The maximum absolute atomic E-state index is 13.8. The Morgan fingerprint density at radius 3 is 2.48 bits per heavy atom.